The number of aryl methyl sites for hydroxylation is 2. The number of halogens is 2. The van der Waals surface area contributed by atoms with Crippen LogP contribution in [0.2, 0.25) is 5.15 Å². The molecule has 0 radical (unpaired) electrons. The molecule has 0 spiro atoms. The van der Waals surface area contributed by atoms with Crippen LogP contribution in [-0.2, 0) is 0 Å². The second-order valence-electron chi connectivity index (χ2n) is 4.35. The largest absolute Gasteiger partial charge is 0.227 e. The molecule has 2 aromatic heterocycles. The van der Waals surface area contributed by atoms with Crippen molar-refractivity contribution in [2.75, 3.05) is 0 Å². The van der Waals surface area contributed by atoms with E-state index in [0.29, 0.717) is 11.0 Å². The lowest BCUT2D eigenvalue weighted by Crippen LogP contribution is -1.90. The highest BCUT2D eigenvalue weighted by atomic mass is 79.9. The molecule has 0 aliphatic carbocycles. The van der Waals surface area contributed by atoms with E-state index in [2.05, 4.69) is 45.8 Å². The van der Waals surface area contributed by atoms with Crippen LogP contribution < -0.4 is 0 Å². The molecule has 0 unspecified atom stereocenters. The van der Waals surface area contributed by atoms with Crippen molar-refractivity contribution in [1.82, 2.24) is 9.97 Å². The number of aromatic nitrogens is 2. The van der Waals surface area contributed by atoms with E-state index in [-0.39, 0.29) is 0 Å². The van der Waals surface area contributed by atoms with E-state index in [0.717, 1.165) is 20.3 Å². The number of benzene rings is 1. The summed E-state index contributed by atoms with van der Waals surface area (Å²) in [6, 6.07) is 7.95. The van der Waals surface area contributed by atoms with Gasteiger partial charge in [0.2, 0.25) is 0 Å². The summed E-state index contributed by atoms with van der Waals surface area (Å²) in [4.78, 5) is 11.3. The molecule has 0 N–H and O–H groups in total. The third kappa shape index (κ3) is 2.40. The van der Waals surface area contributed by atoms with Crippen molar-refractivity contribution in [2.24, 2.45) is 0 Å². The zero-order valence-electron chi connectivity index (χ0n) is 10.4. The number of fused-ring (bicyclic) bond motifs is 1. The number of thiophene rings is 1. The summed E-state index contributed by atoms with van der Waals surface area (Å²) in [7, 11) is 0. The Morgan fingerprint density at radius 1 is 1.16 bits per heavy atom. The van der Waals surface area contributed by atoms with Gasteiger partial charge < -0.3 is 0 Å². The molecule has 0 bridgehead atoms. The first-order chi connectivity index (χ1) is 9.04. The van der Waals surface area contributed by atoms with Crippen molar-refractivity contribution >= 4 is 49.8 Å². The van der Waals surface area contributed by atoms with Gasteiger partial charge in [0.1, 0.15) is 5.15 Å². The molecule has 0 saturated heterocycles. The molecule has 3 aromatic rings. The average molecular weight is 354 g/mol. The predicted octanol–water partition coefficient (Wildman–Crippen LogP) is 5.39. The Morgan fingerprint density at radius 2 is 1.95 bits per heavy atom. The first-order valence-electron chi connectivity index (χ1n) is 5.75. The molecule has 5 heteroatoms. The summed E-state index contributed by atoms with van der Waals surface area (Å²) in [6.07, 6.45) is 0. The van der Waals surface area contributed by atoms with Gasteiger partial charge >= 0.3 is 0 Å². The zero-order valence-corrected chi connectivity index (χ0v) is 13.5. The van der Waals surface area contributed by atoms with E-state index in [1.807, 2.05) is 18.2 Å². The number of hydrogen-bond acceptors (Lipinski definition) is 3. The lowest BCUT2D eigenvalue weighted by atomic mass is 10.2. The van der Waals surface area contributed by atoms with Crippen molar-refractivity contribution in [1.29, 1.82) is 0 Å². The molecule has 0 aliphatic rings. The molecule has 2 heterocycles. The quantitative estimate of drug-likeness (QED) is 0.548. The van der Waals surface area contributed by atoms with E-state index < -0.39 is 0 Å². The van der Waals surface area contributed by atoms with Gasteiger partial charge in [-0.2, -0.15) is 0 Å². The average Bonchev–Trinajstić information content (AvgIpc) is 2.70. The first-order valence-corrected chi connectivity index (χ1v) is 7.73. The minimum atomic E-state index is 0.491. The fraction of sp³-hybridized carbons (Fsp3) is 0.143. The minimum absolute atomic E-state index is 0.491. The third-order valence-corrected chi connectivity index (χ3v) is 4.93. The fourth-order valence-electron chi connectivity index (χ4n) is 1.86. The van der Waals surface area contributed by atoms with Crippen LogP contribution in [0.3, 0.4) is 0 Å². The van der Waals surface area contributed by atoms with Gasteiger partial charge in [0.05, 0.1) is 10.4 Å². The molecule has 96 valence electrons. The summed E-state index contributed by atoms with van der Waals surface area (Å²) in [6.45, 7) is 4.19. The van der Waals surface area contributed by atoms with Gasteiger partial charge in [-0.05, 0) is 43.7 Å². The van der Waals surface area contributed by atoms with Crippen molar-refractivity contribution in [3.05, 3.63) is 44.3 Å². The van der Waals surface area contributed by atoms with Gasteiger partial charge in [0, 0.05) is 14.7 Å². The predicted molar refractivity (Wildman–Crippen MR) is 85.0 cm³/mol. The summed E-state index contributed by atoms with van der Waals surface area (Å²) < 4.78 is 0.973. The van der Waals surface area contributed by atoms with Gasteiger partial charge in [0.25, 0.3) is 0 Å². The summed E-state index contributed by atoms with van der Waals surface area (Å²) in [5, 5.41) is 1.36. The molecule has 0 atom stereocenters. The van der Waals surface area contributed by atoms with Gasteiger partial charge in [-0.1, -0.05) is 27.5 Å². The fourth-order valence-corrected chi connectivity index (χ4v) is 3.42. The van der Waals surface area contributed by atoms with Crippen LogP contribution in [0.15, 0.2) is 28.7 Å². The third-order valence-electron chi connectivity index (χ3n) is 3.00. The smallest absolute Gasteiger partial charge is 0.171 e. The van der Waals surface area contributed by atoms with Crippen molar-refractivity contribution < 1.29 is 0 Å². The normalized spacial score (nSPS) is 11.2. The number of nitrogens with zero attached hydrogens (tertiary/aromatic N) is 2. The van der Waals surface area contributed by atoms with E-state index in [1.165, 1.54) is 10.4 Å². The molecule has 0 saturated carbocycles. The van der Waals surface area contributed by atoms with E-state index in [9.17, 15) is 0 Å². The zero-order chi connectivity index (χ0) is 13.6. The lowest BCUT2D eigenvalue weighted by Gasteiger charge is -2.03. The van der Waals surface area contributed by atoms with Crippen LogP contribution in [0, 0.1) is 13.8 Å². The summed E-state index contributed by atoms with van der Waals surface area (Å²) >= 11 is 11.4. The van der Waals surface area contributed by atoms with Gasteiger partial charge in [0.15, 0.2) is 5.82 Å². The maximum Gasteiger partial charge on any atom is 0.171 e. The van der Waals surface area contributed by atoms with Crippen molar-refractivity contribution in [3.63, 3.8) is 0 Å². The van der Waals surface area contributed by atoms with Gasteiger partial charge in [-0.15, -0.1) is 11.3 Å². The highest BCUT2D eigenvalue weighted by Gasteiger charge is 2.11. The van der Waals surface area contributed by atoms with E-state index in [4.69, 9.17) is 11.6 Å². The standard InChI is InChI=1S/C14H10BrClN2S/c1-7-5-12(19-8(7)2)14-17-11-4-3-9(15)6-10(11)13(16)18-14/h3-6H,1-2H3. The molecule has 19 heavy (non-hydrogen) atoms. The molecule has 0 amide bonds. The van der Waals surface area contributed by atoms with Gasteiger partial charge in [-0.3, -0.25) is 0 Å². The molecule has 1 aromatic carbocycles. The summed E-state index contributed by atoms with van der Waals surface area (Å²) in [5.74, 6) is 0.695. The lowest BCUT2D eigenvalue weighted by molar-refractivity contribution is 1.24. The Balaban J connectivity index is 2.23. The van der Waals surface area contributed by atoms with Crippen molar-refractivity contribution in [3.8, 4) is 10.7 Å². The first kappa shape index (κ1) is 13.0. The van der Waals surface area contributed by atoms with Gasteiger partial charge in [-0.25, -0.2) is 9.97 Å². The Labute approximate surface area is 128 Å². The van der Waals surface area contributed by atoms with Crippen LogP contribution in [0.25, 0.3) is 21.6 Å². The van der Waals surface area contributed by atoms with Crippen LogP contribution in [0.4, 0.5) is 0 Å². The van der Waals surface area contributed by atoms with Crippen LogP contribution in [-0.4, -0.2) is 9.97 Å². The van der Waals surface area contributed by atoms with Crippen LogP contribution in [0.1, 0.15) is 10.4 Å². The Hall–Kier alpha value is -0.970. The second-order valence-corrected chi connectivity index (χ2v) is 6.88. The number of hydrogen-bond donors (Lipinski definition) is 0. The molecule has 0 fully saturated rings. The summed E-state index contributed by atoms with van der Waals surface area (Å²) in [5.41, 5.74) is 2.12. The topological polar surface area (TPSA) is 25.8 Å². The monoisotopic (exact) mass is 352 g/mol. The van der Waals surface area contributed by atoms with Crippen molar-refractivity contribution in [2.45, 2.75) is 13.8 Å². The number of rotatable bonds is 1. The highest BCUT2D eigenvalue weighted by molar-refractivity contribution is 9.10. The molecule has 0 aliphatic heterocycles. The molecular weight excluding hydrogens is 344 g/mol. The second kappa shape index (κ2) is 4.85. The van der Waals surface area contributed by atoms with Crippen LogP contribution in [0.5, 0.6) is 0 Å². The SMILES string of the molecule is Cc1cc(-c2nc(Cl)c3cc(Br)ccc3n2)sc1C. The Bertz CT molecular complexity index is 763. The minimum Gasteiger partial charge on any atom is -0.227 e. The Kier molecular flexibility index (Phi) is 3.33. The maximum atomic E-state index is 6.26. The molecule has 2 nitrogen and oxygen atoms in total. The molecule has 3 rings (SSSR count). The molecular formula is C14H10BrClN2S. The van der Waals surface area contributed by atoms with E-state index in [1.54, 1.807) is 11.3 Å². The Morgan fingerprint density at radius 3 is 2.63 bits per heavy atom. The maximum absolute atomic E-state index is 6.26. The van der Waals surface area contributed by atoms with E-state index >= 15 is 0 Å². The van der Waals surface area contributed by atoms with Crippen LogP contribution >= 0.6 is 38.9 Å². The highest BCUT2D eigenvalue weighted by Crippen LogP contribution is 2.32.